The molecule has 0 saturated carbocycles. The number of amides is 1. The molecule has 1 aliphatic rings. The third-order valence-electron chi connectivity index (χ3n) is 5.02. The molecule has 1 aliphatic heterocycles. The number of piperazine rings is 1. The highest BCUT2D eigenvalue weighted by atomic mass is 32.2. The molecule has 0 aliphatic carbocycles. The summed E-state index contributed by atoms with van der Waals surface area (Å²) < 4.78 is 26.6. The maximum absolute atomic E-state index is 12.6. The molecule has 0 atom stereocenters. The van der Waals surface area contributed by atoms with Crippen LogP contribution in [0.1, 0.15) is 5.56 Å². The van der Waals surface area contributed by atoms with Crippen molar-refractivity contribution in [1.82, 2.24) is 24.4 Å². The predicted molar refractivity (Wildman–Crippen MR) is 125 cm³/mol. The number of aromatic nitrogens is 3. The lowest BCUT2D eigenvalue weighted by Crippen LogP contribution is -2.50. The number of nitrogens with one attached hydrogen (secondary N) is 1. The Balaban J connectivity index is 1.26. The van der Waals surface area contributed by atoms with Crippen LogP contribution in [0.15, 0.2) is 71.2 Å². The number of benzene rings is 2. The minimum absolute atomic E-state index is 0.0575. The first-order chi connectivity index (χ1) is 15.5. The first-order valence-corrected chi connectivity index (χ1v) is 12.6. The van der Waals surface area contributed by atoms with Crippen LogP contribution in [0.25, 0.3) is 17.5 Å². The van der Waals surface area contributed by atoms with Crippen molar-refractivity contribution in [3.8, 4) is 11.4 Å². The van der Waals surface area contributed by atoms with Crippen molar-refractivity contribution in [2.45, 2.75) is 5.16 Å². The SMILES string of the molecule is O=C(CSc1n[nH]c(-c2ccccc2)n1)N1CCN(S(=O)(=O)/C=C/c2ccccc2)CC1. The maximum Gasteiger partial charge on any atom is 0.236 e. The van der Waals surface area contributed by atoms with Crippen molar-refractivity contribution in [3.05, 3.63) is 71.6 Å². The van der Waals surface area contributed by atoms with Crippen molar-refractivity contribution >= 4 is 33.8 Å². The molecule has 0 spiro atoms. The third kappa shape index (κ3) is 5.64. The highest BCUT2D eigenvalue weighted by molar-refractivity contribution is 7.99. The topological polar surface area (TPSA) is 99.3 Å². The smallest absolute Gasteiger partial charge is 0.236 e. The fourth-order valence-electron chi connectivity index (χ4n) is 3.26. The van der Waals surface area contributed by atoms with E-state index in [0.717, 1.165) is 11.1 Å². The molecule has 3 aromatic rings. The van der Waals surface area contributed by atoms with Gasteiger partial charge in [-0.2, -0.15) is 4.31 Å². The zero-order valence-electron chi connectivity index (χ0n) is 17.3. The van der Waals surface area contributed by atoms with E-state index in [1.807, 2.05) is 60.7 Å². The zero-order valence-corrected chi connectivity index (χ0v) is 18.9. The molecule has 1 fully saturated rings. The highest BCUT2D eigenvalue weighted by Gasteiger charge is 2.27. The van der Waals surface area contributed by atoms with Crippen LogP contribution in [-0.4, -0.2) is 70.6 Å². The van der Waals surface area contributed by atoms with Crippen molar-refractivity contribution < 1.29 is 13.2 Å². The summed E-state index contributed by atoms with van der Waals surface area (Å²) in [6.07, 6.45) is 1.59. The van der Waals surface area contributed by atoms with Gasteiger partial charge in [0, 0.05) is 37.2 Å². The van der Waals surface area contributed by atoms with Gasteiger partial charge in [-0.25, -0.2) is 13.4 Å². The van der Waals surface area contributed by atoms with Crippen LogP contribution in [-0.2, 0) is 14.8 Å². The summed E-state index contributed by atoms with van der Waals surface area (Å²) in [7, 11) is -3.52. The Kier molecular flexibility index (Phi) is 7.03. The van der Waals surface area contributed by atoms with Gasteiger partial charge in [-0.15, -0.1) is 5.10 Å². The van der Waals surface area contributed by atoms with Gasteiger partial charge in [-0.3, -0.25) is 9.89 Å². The molecule has 0 bridgehead atoms. The molecule has 1 saturated heterocycles. The Labute approximate surface area is 191 Å². The van der Waals surface area contributed by atoms with E-state index in [2.05, 4.69) is 15.2 Å². The lowest BCUT2D eigenvalue weighted by Gasteiger charge is -2.33. The fraction of sp³-hybridized carbons (Fsp3) is 0.227. The van der Waals surface area contributed by atoms with E-state index in [4.69, 9.17) is 0 Å². The molecule has 4 rings (SSSR count). The van der Waals surface area contributed by atoms with Crippen molar-refractivity contribution in [1.29, 1.82) is 0 Å². The van der Waals surface area contributed by atoms with E-state index >= 15 is 0 Å². The van der Waals surface area contributed by atoms with Crippen LogP contribution in [0.2, 0.25) is 0 Å². The van der Waals surface area contributed by atoms with Gasteiger partial charge in [0.25, 0.3) is 0 Å². The molecule has 10 heteroatoms. The molecule has 166 valence electrons. The number of sulfonamides is 1. The van der Waals surface area contributed by atoms with Gasteiger partial charge >= 0.3 is 0 Å². The molecular weight excluding hydrogens is 446 g/mol. The summed E-state index contributed by atoms with van der Waals surface area (Å²) >= 11 is 1.26. The minimum atomic E-state index is -3.52. The van der Waals surface area contributed by atoms with E-state index in [0.29, 0.717) is 24.1 Å². The van der Waals surface area contributed by atoms with Gasteiger partial charge in [0.1, 0.15) is 0 Å². The maximum atomic E-state index is 12.6. The van der Waals surface area contributed by atoms with Gasteiger partial charge in [-0.05, 0) is 11.6 Å². The van der Waals surface area contributed by atoms with Crippen LogP contribution in [0.3, 0.4) is 0 Å². The van der Waals surface area contributed by atoms with E-state index in [1.165, 1.54) is 21.5 Å². The summed E-state index contributed by atoms with van der Waals surface area (Å²) in [6, 6.07) is 18.9. The number of hydrogen-bond donors (Lipinski definition) is 1. The normalized spacial score (nSPS) is 15.3. The molecule has 0 unspecified atom stereocenters. The summed E-state index contributed by atoms with van der Waals surface area (Å²) in [4.78, 5) is 18.7. The van der Waals surface area contributed by atoms with Gasteiger partial charge < -0.3 is 4.90 Å². The number of thioether (sulfide) groups is 1. The van der Waals surface area contributed by atoms with E-state index in [1.54, 1.807) is 11.0 Å². The molecule has 0 radical (unpaired) electrons. The molecule has 32 heavy (non-hydrogen) atoms. The second-order valence-electron chi connectivity index (χ2n) is 7.16. The lowest BCUT2D eigenvalue weighted by atomic mass is 10.2. The van der Waals surface area contributed by atoms with Crippen LogP contribution in [0.5, 0.6) is 0 Å². The second-order valence-corrected chi connectivity index (χ2v) is 9.92. The zero-order chi connectivity index (χ0) is 22.4. The average molecular weight is 470 g/mol. The molecule has 1 aromatic heterocycles. The minimum Gasteiger partial charge on any atom is -0.339 e. The lowest BCUT2D eigenvalue weighted by molar-refractivity contribution is -0.129. The quantitative estimate of drug-likeness (QED) is 0.534. The van der Waals surface area contributed by atoms with Crippen LogP contribution >= 0.6 is 11.8 Å². The number of carbonyl (C=O) groups excluding carboxylic acids is 1. The molecule has 1 amide bonds. The fourth-order valence-corrected chi connectivity index (χ4v) is 5.14. The number of aromatic amines is 1. The predicted octanol–water partition coefficient (Wildman–Crippen LogP) is 2.71. The van der Waals surface area contributed by atoms with Gasteiger partial charge in [0.15, 0.2) is 5.82 Å². The number of rotatable bonds is 7. The average Bonchev–Trinajstić information content (AvgIpc) is 3.32. The van der Waals surface area contributed by atoms with Crippen LogP contribution in [0, 0.1) is 0 Å². The van der Waals surface area contributed by atoms with Gasteiger partial charge in [-0.1, -0.05) is 72.4 Å². The number of hydrogen-bond acceptors (Lipinski definition) is 6. The summed E-state index contributed by atoms with van der Waals surface area (Å²) in [5, 5.41) is 8.77. The number of carbonyl (C=O) groups is 1. The molecular formula is C22H23N5O3S2. The molecule has 1 N–H and O–H groups in total. The Morgan fingerprint density at radius 3 is 2.34 bits per heavy atom. The monoisotopic (exact) mass is 469 g/mol. The van der Waals surface area contributed by atoms with Gasteiger partial charge in [0.05, 0.1) is 5.75 Å². The van der Waals surface area contributed by atoms with Gasteiger partial charge in [0.2, 0.25) is 21.1 Å². The Bertz CT molecular complexity index is 1170. The molecule has 2 aromatic carbocycles. The Morgan fingerprint density at radius 1 is 1.00 bits per heavy atom. The molecule has 8 nitrogen and oxygen atoms in total. The van der Waals surface area contributed by atoms with Crippen molar-refractivity contribution in [3.63, 3.8) is 0 Å². The second kappa shape index (κ2) is 10.1. The third-order valence-corrected chi connectivity index (χ3v) is 7.42. The van der Waals surface area contributed by atoms with E-state index < -0.39 is 10.0 Å². The Hall–Kier alpha value is -2.95. The van der Waals surface area contributed by atoms with Crippen molar-refractivity contribution in [2.75, 3.05) is 31.9 Å². The van der Waals surface area contributed by atoms with E-state index in [-0.39, 0.29) is 24.7 Å². The Morgan fingerprint density at radius 2 is 1.66 bits per heavy atom. The summed E-state index contributed by atoms with van der Waals surface area (Å²) in [6.45, 7) is 1.27. The standard InChI is InChI=1S/C22H23N5O3S2/c28-20(17-31-22-23-21(24-25-22)19-9-5-2-6-10-19)26-12-14-27(15-13-26)32(29,30)16-11-18-7-3-1-4-8-18/h1-11,16H,12-15,17H2,(H,23,24,25)/b16-11+. The van der Waals surface area contributed by atoms with Crippen LogP contribution in [0.4, 0.5) is 0 Å². The first kappa shape index (κ1) is 22.3. The van der Waals surface area contributed by atoms with Crippen molar-refractivity contribution in [2.24, 2.45) is 0 Å². The first-order valence-electron chi connectivity index (χ1n) is 10.1. The highest BCUT2D eigenvalue weighted by Crippen LogP contribution is 2.20. The molecule has 2 heterocycles. The summed E-state index contributed by atoms with van der Waals surface area (Å²) in [5.41, 5.74) is 1.75. The summed E-state index contributed by atoms with van der Waals surface area (Å²) in [5.74, 6) is 0.799. The number of nitrogens with zero attached hydrogens (tertiary/aromatic N) is 4. The number of H-pyrrole nitrogens is 1. The van der Waals surface area contributed by atoms with E-state index in [9.17, 15) is 13.2 Å². The largest absolute Gasteiger partial charge is 0.339 e. The van der Waals surface area contributed by atoms with Crippen LogP contribution < -0.4 is 0 Å².